The van der Waals surface area contributed by atoms with Crippen molar-refractivity contribution in [2.24, 2.45) is 5.92 Å². The van der Waals surface area contributed by atoms with Gasteiger partial charge in [-0.05, 0) is 50.5 Å². The van der Waals surface area contributed by atoms with Crippen molar-refractivity contribution < 1.29 is 9.84 Å². The largest absolute Gasteiger partial charge is 0.396 e. The first-order valence-corrected chi connectivity index (χ1v) is 7.94. The van der Waals surface area contributed by atoms with Gasteiger partial charge < -0.3 is 9.84 Å². The number of aliphatic hydroxyl groups is 1. The predicted octanol–water partition coefficient (Wildman–Crippen LogP) is 3.89. The summed E-state index contributed by atoms with van der Waals surface area (Å²) in [5.74, 6) is 0.822. The molecule has 0 bridgehead atoms. The second-order valence-corrected chi connectivity index (χ2v) is 6.45. The van der Waals surface area contributed by atoms with Gasteiger partial charge in [-0.1, -0.05) is 36.8 Å². The molecule has 0 amide bonds. The van der Waals surface area contributed by atoms with E-state index in [0.717, 1.165) is 31.6 Å². The first-order valence-electron chi connectivity index (χ1n) is 7.94. The van der Waals surface area contributed by atoms with Gasteiger partial charge in [0.15, 0.2) is 0 Å². The molecule has 0 aromatic heterocycles. The highest BCUT2D eigenvalue weighted by atomic mass is 16.5. The van der Waals surface area contributed by atoms with Crippen LogP contribution >= 0.6 is 0 Å². The summed E-state index contributed by atoms with van der Waals surface area (Å²) in [5, 5.41) is 8.96. The zero-order chi connectivity index (χ0) is 14.4. The Morgan fingerprint density at radius 3 is 2.45 bits per heavy atom. The lowest BCUT2D eigenvalue weighted by Crippen LogP contribution is -2.39. The average molecular weight is 276 g/mol. The van der Waals surface area contributed by atoms with E-state index in [4.69, 9.17) is 9.84 Å². The maximum atomic E-state index is 8.96. The van der Waals surface area contributed by atoms with Crippen LogP contribution in [-0.4, -0.2) is 23.9 Å². The van der Waals surface area contributed by atoms with Crippen LogP contribution < -0.4 is 0 Å². The van der Waals surface area contributed by atoms with Gasteiger partial charge in [-0.15, -0.1) is 0 Å². The van der Waals surface area contributed by atoms with Crippen LogP contribution in [-0.2, 0) is 11.2 Å². The molecule has 1 fully saturated rings. The second kappa shape index (κ2) is 7.24. The molecule has 0 spiro atoms. The normalized spacial score (nSPS) is 26.6. The van der Waals surface area contributed by atoms with Crippen molar-refractivity contribution in [3.63, 3.8) is 0 Å². The molecule has 0 unspecified atom stereocenters. The van der Waals surface area contributed by atoms with E-state index in [1.807, 2.05) is 0 Å². The zero-order valence-corrected chi connectivity index (χ0v) is 12.9. The van der Waals surface area contributed by atoms with Crippen LogP contribution in [0.1, 0.15) is 50.2 Å². The molecular formula is C18H28O2. The van der Waals surface area contributed by atoms with E-state index in [-0.39, 0.29) is 12.2 Å². The second-order valence-electron chi connectivity index (χ2n) is 6.45. The van der Waals surface area contributed by atoms with Crippen molar-refractivity contribution in [3.05, 3.63) is 35.4 Å². The van der Waals surface area contributed by atoms with E-state index in [1.165, 1.54) is 24.0 Å². The van der Waals surface area contributed by atoms with Gasteiger partial charge in [-0.25, -0.2) is 0 Å². The minimum Gasteiger partial charge on any atom is -0.396 e. The number of hydrogen-bond acceptors (Lipinski definition) is 2. The molecule has 0 aliphatic heterocycles. The number of hydrogen-bond donors (Lipinski definition) is 1. The van der Waals surface area contributed by atoms with Crippen molar-refractivity contribution in [3.8, 4) is 0 Å². The van der Waals surface area contributed by atoms with E-state index in [1.54, 1.807) is 0 Å². The third kappa shape index (κ3) is 4.32. The summed E-state index contributed by atoms with van der Waals surface area (Å²) in [6.07, 6.45) is 6.55. The molecule has 1 aromatic rings. The first kappa shape index (κ1) is 15.5. The van der Waals surface area contributed by atoms with Crippen LogP contribution in [0.25, 0.3) is 0 Å². The van der Waals surface area contributed by atoms with Gasteiger partial charge in [-0.2, -0.15) is 0 Å². The van der Waals surface area contributed by atoms with Gasteiger partial charge in [0, 0.05) is 19.6 Å². The summed E-state index contributed by atoms with van der Waals surface area (Å²) in [6, 6.07) is 8.82. The molecular weight excluding hydrogens is 248 g/mol. The predicted molar refractivity (Wildman–Crippen MR) is 82.9 cm³/mol. The smallest absolute Gasteiger partial charge is 0.0722 e. The molecule has 20 heavy (non-hydrogen) atoms. The quantitative estimate of drug-likeness (QED) is 0.799. The fourth-order valence-electron chi connectivity index (χ4n) is 3.09. The summed E-state index contributed by atoms with van der Waals surface area (Å²) in [5.41, 5.74) is 2.67. The molecule has 0 heterocycles. The standard InChI is InChI=1S/C18H28O2/c1-15-4-6-17(7-5-15)14-18(20-13-3-12-19)10-8-16(2)9-11-18/h4-7,16,19H,3,8-14H2,1-2H3. The number of aliphatic hydroxyl groups excluding tert-OH is 1. The fraction of sp³-hybridized carbons (Fsp3) is 0.667. The van der Waals surface area contributed by atoms with Crippen molar-refractivity contribution in [2.75, 3.05) is 13.2 Å². The molecule has 0 atom stereocenters. The Balaban J connectivity index is 2.03. The van der Waals surface area contributed by atoms with E-state index < -0.39 is 0 Å². The van der Waals surface area contributed by atoms with Crippen LogP contribution in [0.15, 0.2) is 24.3 Å². The fourth-order valence-corrected chi connectivity index (χ4v) is 3.09. The molecule has 1 aromatic carbocycles. The molecule has 2 heteroatoms. The Kier molecular flexibility index (Phi) is 5.62. The minimum absolute atomic E-state index is 0.00304. The molecule has 1 aliphatic carbocycles. The third-order valence-corrected chi connectivity index (χ3v) is 4.54. The van der Waals surface area contributed by atoms with Crippen molar-refractivity contribution in [1.29, 1.82) is 0 Å². The molecule has 1 saturated carbocycles. The van der Waals surface area contributed by atoms with E-state index in [2.05, 4.69) is 38.1 Å². The lowest BCUT2D eigenvalue weighted by atomic mass is 9.76. The van der Waals surface area contributed by atoms with Crippen LogP contribution in [0.2, 0.25) is 0 Å². The minimum atomic E-state index is -0.00304. The molecule has 0 saturated heterocycles. The summed E-state index contributed by atoms with van der Waals surface area (Å²) < 4.78 is 6.23. The highest BCUT2D eigenvalue weighted by molar-refractivity contribution is 5.23. The molecule has 1 aliphatic rings. The number of benzene rings is 1. The number of ether oxygens (including phenoxy) is 1. The highest BCUT2D eigenvalue weighted by Gasteiger charge is 2.35. The Morgan fingerprint density at radius 2 is 1.85 bits per heavy atom. The van der Waals surface area contributed by atoms with Crippen LogP contribution in [0.4, 0.5) is 0 Å². The van der Waals surface area contributed by atoms with Crippen molar-refractivity contribution >= 4 is 0 Å². The monoisotopic (exact) mass is 276 g/mol. The zero-order valence-electron chi connectivity index (χ0n) is 12.9. The molecule has 2 rings (SSSR count). The van der Waals surface area contributed by atoms with Gasteiger partial charge >= 0.3 is 0 Å². The van der Waals surface area contributed by atoms with Crippen LogP contribution in [0.3, 0.4) is 0 Å². The Hall–Kier alpha value is -0.860. The molecule has 0 radical (unpaired) electrons. The van der Waals surface area contributed by atoms with Gasteiger partial charge in [0.2, 0.25) is 0 Å². The maximum absolute atomic E-state index is 8.96. The van der Waals surface area contributed by atoms with E-state index >= 15 is 0 Å². The first-order chi connectivity index (χ1) is 9.63. The molecule has 1 N–H and O–H groups in total. The van der Waals surface area contributed by atoms with Gasteiger partial charge in [0.1, 0.15) is 0 Å². The van der Waals surface area contributed by atoms with Crippen LogP contribution in [0, 0.1) is 12.8 Å². The summed E-state index contributed by atoms with van der Waals surface area (Å²) >= 11 is 0. The SMILES string of the molecule is Cc1ccc(CC2(OCCCO)CCC(C)CC2)cc1. The Bertz CT molecular complexity index is 388. The summed E-state index contributed by atoms with van der Waals surface area (Å²) in [4.78, 5) is 0. The number of aryl methyl sites for hydroxylation is 1. The summed E-state index contributed by atoms with van der Waals surface area (Å²) in [7, 11) is 0. The summed E-state index contributed by atoms with van der Waals surface area (Å²) in [6.45, 7) is 5.36. The van der Waals surface area contributed by atoms with Crippen LogP contribution in [0.5, 0.6) is 0 Å². The van der Waals surface area contributed by atoms with E-state index in [0.29, 0.717) is 6.61 Å². The van der Waals surface area contributed by atoms with Gasteiger partial charge in [0.05, 0.1) is 5.60 Å². The Morgan fingerprint density at radius 1 is 1.20 bits per heavy atom. The lowest BCUT2D eigenvalue weighted by Gasteiger charge is -2.39. The average Bonchev–Trinajstić information content (AvgIpc) is 2.45. The highest BCUT2D eigenvalue weighted by Crippen LogP contribution is 2.37. The van der Waals surface area contributed by atoms with E-state index in [9.17, 15) is 0 Å². The molecule has 112 valence electrons. The topological polar surface area (TPSA) is 29.5 Å². The Labute approximate surface area is 123 Å². The maximum Gasteiger partial charge on any atom is 0.0722 e. The van der Waals surface area contributed by atoms with Gasteiger partial charge in [0.25, 0.3) is 0 Å². The lowest BCUT2D eigenvalue weighted by molar-refractivity contribution is -0.0796. The van der Waals surface area contributed by atoms with Crippen molar-refractivity contribution in [2.45, 2.75) is 58.0 Å². The molecule has 2 nitrogen and oxygen atoms in total. The third-order valence-electron chi connectivity index (χ3n) is 4.54. The number of rotatable bonds is 6. The van der Waals surface area contributed by atoms with Crippen molar-refractivity contribution in [1.82, 2.24) is 0 Å². The van der Waals surface area contributed by atoms with Gasteiger partial charge in [-0.3, -0.25) is 0 Å².